The number of hydrogen-bond acceptors (Lipinski definition) is 3. The van der Waals surface area contributed by atoms with Gasteiger partial charge >= 0.3 is 0 Å². The maximum Gasteiger partial charge on any atom is 0.0999 e. The van der Waals surface area contributed by atoms with Gasteiger partial charge in [-0.15, -0.1) is 11.8 Å². The fraction of sp³-hybridized carbons (Fsp3) is 0.0588. The van der Waals surface area contributed by atoms with Crippen LogP contribution in [0.4, 0.5) is 0 Å². The van der Waals surface area contributed by atoms with Crippen LogP contribution in [0.3, 0.4) is 0 Å². The fourth-order valence-electron chi connectivity index (χ4n) is 2.05. The van der Waals surface area contributed by atoms with Crippen molar-refractivity contribution in [2.24, 2.45) is 0 Å². The second kappa shape index (κ2) is 5.77. The molecule has 1 heterocycles. The van der Waals surface area contributed by atoms with Gasteiger partial charge in [-0.25, -0.2) is 4.98 Å². The number of fused-ring (bicyclic) bond motifs is 1. The molecular weight excluding hydrogens is 264 g/mol. The van der Waals surface area contributed by atoms with E-state index in [1.54, 1.807) is 11.8 Å². The molecule has 3 rings (SSSR count). The summed E-state index contributed by atoms with van der Waals surface area (Å²) in [5.41, 5.74) is 2.82. The third kappa shape index (κ3) is 2.66. The SMILES string of the molecule is N#Cc1cc(SCc2ccccc2)nc2ccccc12. The second-order valence-corrected chi connectivity index (χ2v) is 5.41. The lowest BCUT2D eigenvalue weighted by atomic mass is 10.1. The lowest BCUT2D eigenvalue weighted by Crippen LogP contribution is -1.88. The van der Waals surface area contributed by atoms with Gasteiger partial charge in [-0.3, -0.25) is 0 Å². The Balaban J connectivity index is 1.91. The molecule has 0 saturated heterocycles. The fourth-order valence-corrected chi connectivity index (χ4v) is 2.92. The van der Waals surface area contributed by atoms with Crippen molar-refractivity contribution in [1.29, 1.82) is 5.26 Å². The highest BCUT2D eigenvalue weighted by Gasteiger charge is 2.05. The molecular formula is C17H12N2S. The number of hydrogen-bond donors (Lipinski definition) is 0. The van der Waals surface area contributed by atoms with Gasteiger partial charge in [0, 0.05) is 11.1 Å². The number of nitrogens with zero attached hydrogens (tertiary/aromatic N) is 2. The van der Waals surface area contributed by atoms with Gasteiger partial charge in [0.1, 0.15) is 0 Å². The normalized spacial score (nSPS) is 10.3. The average Bonchev–Trinajstić information content (AvgIpc) is 2.53. The van der Waals surface area contributed by atoms with Gasteiger partial charge in [-0.05, 0) is 17.7 Å². The molecule has 0 aliphatic rings. The number of thioether (sulfide) groups is 1. The summed E-state index contributed by atoms with van der Waals surface area (Å²) in [6.07, 6.45) is 0. The van der Waals surface area contributed by atoms with Gasteiger partial charge in [0.15, 0.2) is 0 Å². The molecule has 0 aliphatic carbocycles. The number of nitriles is 1. The van der Waals surface area contributed by atoms with Crippen LogP contribution in [0.25, 0.3) is 10.9 Å². The highest BCUT2D eigenvalue weighted by atomic mass is 32.2. The van der Waals surface area contributed by atoms with Crippen LogP contribution in [0.2, 0.25) is 0 Å². The largest absolute Gasteiger partial charge is 0.241 e. The Morgan fingerprint density at radius 2 is 1.75 bits per heavy atom. The molecule has 0 fully saturated rings. The van der Waals surface area contributed by atoms with Crippen molar-refractivity contribution in [1.82, 2.24) is 4.98 Å². The predicted octanol–water partition coefficient (Wildman–Crippen LogP) is 4.40. The Morgan fingerprint density at radius 1 is 1.00 bits per heavy atom. The average molecular weight is 276 g/mol. The standard InChI is InChI=1S/C17H12N2S/c18-11-14-10-17(19-16-9-5-4-8-15(14)16)20-12-13-6-2-1-3-7-13/h1-10H,12H2. The van der Waals surface area contributed by atoms with Crippen molar-refractivity contribution in [3.8, 4) is 6.07 Å². The summed E-state index contributed by atoms with van der Waals surface area (Å²) in [5, 5.41) is 11.1. The number of benzene rings is 2. The van der Waals surface area contributed by atoms with E-state index in [9.17, 15) is 5.26 Å². The minimum Gasteiger partial charge on any atom is -0.241 e. The van der Waals surface area contributed by atoms with Crippen molar-refractivity contribution in [2.75, 3.05) is 0 Å². The van der Waals surface area contributed by atoms with E-state index in [1.807, 2.05) is 48.5 Å². The molecule has 20 heavy (non-hydrogen) atoms. The topological polar surface area (TPSA) is 36.7 Å². The molecule has 0 atom stereocenters. The van der Waals surface area contributed by atoms with Gasteiger partial charge < -0.3 is 0 Å². The van der Waals surface area contributed by atoms with Gasteiger partial charge in [-0.2, -0.15) is 5.26 Å². The molecule has 0 spiro atoms. The summed E-state index contributed by atoms with van der Waals surface area (Å²) < 4.78 is 0. The molecule has 96 valence electrons. The molecule has 1 aromatic heterocycles. The first-order chi connectivity index (χ1) is 9.86. The number of pyridine rings is 1. The zero-order chi connectivity index (χ0) is 13.8. The van der Waals surface area contributed by atoms with Crippen LogP contribution >= 0.6 is 11.8 Å². The Labute approximate surface area is 122 Å². The van der Waals surface area contributed by atoms with Crippen LogP contribution in [-0.2, 0) is 5.75 Å². The predicted molar refractivity (Wildman–Crippen MR) is 82.5 cm³/mol. The minimum atomic E-state index is 0.686. The Bertz CT molecular complexity index is 776. The van der Waals surface area contributed by atoms with E-state index in [0.29, 0.717) is 5.56 Å². The molecule has 3 heteroatoms. The first-order valence-corrected chi connectivity index (χ1v) is 7.32. The van der Waals surface area contributed by atoms with Crippen molar-refractivity contribution in [3.63, 3.8) is 0 Å². The van der Waals surface area contributed by atoms with Gasteiger partial charge in [-0.1, -0.05) is 48.5 Å². The number of aromatic nitrogens is 1. The summed E-state index contributed by atoms with van der Waals surface area (Å²) >= 11 is 1.66. The summed E-state index contributed by atoms with van der Waals surface area (Å²) in [4.78, 5) is 4.61. The molecule has 0 radical (unpaired) electrons. The molecule has 0 N–H and O–H groups in total. The quantitative estimate of drug-likeness (QED) is 0.665. The third-order valence-corrected chi connectivity index (χ3v) is 4.03. The first kappa shape index (κ1) is 12.7. The summed E-state index contributed by atoms with van der Waals surface area (Å²) in [7, 11) is 0. The monoisotopic (exact) mass is 276 g/mol. The van der Waals surface area contributed by atoms with Crippen LogP contribution in [0.1, 0.15) is 11.1 Å². The zero-order valence-electron chi connectivity index (χ0n) is 10.8. The van der Waals surface area contributed by atoms with Crippen molar-refractivity contribution >= 4 is 22.7 Å². The lowest BCUT2D eigenvalue weighted by molar-refractivity contribution is 1.18. The van der Waals surface area contributed by atoms with E-state index in [2.05, 4.69) is 23.2 Å². The Hall–Kier alpha value is -2.31. The maximum absolute atomic E-state index is 9.26. The van der Waals surface area contributed by atoms with E-state index < -0.39 is 0 Å². The van der Waals surface area contributed by atoms with Gasteiger partial charge in [0.25, 0.3) is 0 Å². The molecule has 2 nitrogen and oxygen atoms in total. The second-order valence-electron chi connectivity index (χ2n) is 4.41. The van der Waals surface area contributed by atoms with E-state index in [4.69, 9.17) is 0 Å². The van der Waals surface area contributed by atoms with Crippen molar-refractivity contribution in [3.05, 3.63) is 71.8 Å². The van der Waals surface area contributed by atoms with Gasteiger partial charge in [0.05, 0.1) is 22.2 Å². The maximum atomic E-state index is 9.26. The number of rotatable bonds is 3. The van der Waals surface area contributed by atoms with Crippen LogP contribution in [0.15, 0.2) is 65.7 Å². The summed E-state index contributed by atoms with van der Waals surface area (Å²) in [6.45, 7) is 0. The van der Waals surface area contributed by atoms with Crippen LogP contribution in [0.5, 0.6) is 0 Å². The number of para-hydroxylation sites is 1. The van der Waals surface area contributed by atoms with E-state index in [1.165, 1.54) is 5.56 Å². The summed E-state index contributed by atoms with van der Waals surface area (Å²) in [6, 6.07) is 22.2. The van der Waals surface area contributed by atoms with Crippen LogP contribution in [0, 0.1) is 11.3 Å². The molecule has 2 aromatic carbocycles. The van der Waals surface area contributed by atoms with Crippen LogP contribution in [-0.4, -0.2) is 4.98 Å². The van der Waals surface area contributed by atoms with E-state index >= 15 is 0 Å². The van der Waals surface area contributed by atoms with Gasteiger partial charge in [0.2, 0.25) is 0 Å². The lowest BCUT2D eigenvalue weighted by Gasteiger charge is -2.05. The molecule has 0 unspecified atom stereocenters. The van der Waals surface area contributed by atoms with E-state index in [0.717, 1.165) is 21.7 Å². The first-order valence-electron chi connectivity index (χ1n) is 6.33. The highest BCUT2D eigenvalue weighted by molar-refractivity contribution is 7.98. The highest BCUT2D eigenvalue weighted by Crippen LogP contribution is 2.26. The van der Waals surface area contributed by atoms with Crippen molar-refractivity contribution < 1.29 is 0 Å². The molecule has 3 aromatic rings. The molecule has 0 amide bonds. The minimum absolute atomic E-state index is 0.686. The summed E-state index contributed by atoms with van der Waals surface area (Å²) in [5.74, 6) is 0.858. The smallest absolute Gasteiger partial charge is 0.0999 e. The molecule has 0 bridgehead atoms. The Kier molecular flexibility index (Phi) is 3.67. The third-order valence-electron chi connectivity index (χ3n) is 3.04. The van der Waals surface area contributed by atoms with Crippen molar-refractivity contribution in [2.45, 2.75) is 10.8 Å². The zero-order valence-corrected chi connectivity index (χ0v) is 11.6. The Morgan fingerprint density at radius 3 is 2.55 bits per heavy atom. The molecule has 0 aliphatic heterocycles. The molecule has 0 saturated carbocycles. The van der Waals surface area contributed by atoms with E-state index in [-0.39, 0.29) is 0 Å². The van der Waals surface area contributed by atoms with Crippen LogP contribution < -0.4 is 0 Å².